The number of nitrogens with zero attached hydrogens (tertiary/aromatic N) is 2. The Balaban J connectivity index is 1.99. The molecule has 1 aromatic heterocycles. The van der Waals surface area contributed by atoms with Crippen LogP contribution >= 0.6 is 23.2 Å². The van der Waals surface area contributed by atoms with E-state index in [4.69, 9.17) is 23.2 Å². The maximum Gasteiger partial charge on any atom is 0.174 e. The van der Waals surface area contributed by atoms with Gasteiger partial charge in [0, 0.05) is 12.6 Å². The number of hydrogen-bond acceptors (Lipinski definition) is 3. The van der Waals surface area contributed by atoms with Gasteiger partial charge in [-0.15, -0.1) is 10.2 Å². The van der Waals surface area contributed by atoms with Gasteiger partial charge in [-0.2, -0.15) is 0 Å². The van der Waals surface area contributed by atoms with Crippen LogP contribution in [0.4, 0.5) is 5.69 Å². The zero-order valence-electron chi connectivity index (χ0n) is 9.97. The van der Waals surface area contributed by atoms with Crippen LogP contribution in [0.3, 0.4) is 0 Å². The smallest absolute Gasteiger partial charge is 0.174 e. The lowest BCUT2D eigenvalue weighted by atomic mass is 9.76. The van der Waals surface area contributed by atoms with Crippen molar-refractivity contribution in [2.45, 2.75) is 39.0 Å². The standard InChI is InChI=1S/C12H17Cl2N3/c1-12(5-3-2-4-6-12)8-15-9-7-10(13)16-17-11(9)14/h7H,2-6,8H2,1H3,(H,15,16). The van der Waals surface area contributed by atoms with E-state index in [-0.39, 0.29) is 0 Å². The van der Waals surface area contributed by atoms with Gasteiger partial charge in [0.05, 0.1) is 5.69 Å². The van der Waals surface area contributed by atoms with Crippen LogP contribution in [0.2, 0.25) is 10.3 Å². The average Bonchev–Trinajstić information content (AvgIpc) is 2.31. The Bertz CT molecular complexity index is 389. The van der Waals surface area contributed by atoms with Crippen molar-refractivity contribution in [3.63, 3.8) is 0 Å². The minimum Gasteiger partial charge on any atom is -0.382 e. The molecule has 5 heteroatoms. The molecule has 3 nitrogen and oxygen atoms in total. The zero-order chi connectivity index (χ0) is 12.3. The second kappa shape index (κ2) is 5.40. The van der Waals surface area contributed by atoms with E-state index in [1.54, 1.807) is 6.07 Å². The van der Waals surface area contributed by atoms with Crippen molar-refractivity contribution in [2.75, 3.05) is 11.9 Å². The molecule has 0 atom stereocenters. The van der Waals surface area contributed by atoms with Crippen molar-refractivity contribution in [1.29, 1.82) is 0 Å². The predicted molar refractivity (Wildman–Crippen MR) is 71.7 cm³/mol. The lowest BCUT2D eigenvalue weighted by Gasteiger charge is -2.34. The highest BCUT2D eigenvalue weighted by atomic mass is 35.5. The first-order valence-corrected chi connectivity index (χ1v) is 6.77. The van der Waals surface area contributed by atoms with Gasteiger partial charge in [-0.3, -0.25) is 0 Å². The number of anilines is 1. The molecule has 1 N–H and O–H groups in total. The van der Waals surface area contributed by atoms with Crippen molar-refractivity contribution < 1.29 is 0 Å². The fraction of sp³-hybridized carbons (Fsp3) is 0.667. The fourth-order valence-corrected chi connectivity index (χ4v) is 2.67. The second-order valence-electron chi connectivity index (χ2n) is 5.10. The summed E-state index contributed by atoms with van der Waals surface area (Å²) in [7, 11) is 0. The Morgan fingerprint density at radius 1 is 1.24 bits per heavy atom. The van der Waals surface area contributed by atoms with Crippen LogP contribution in [-0.4, -0.2) is 16.7 Å². The molecule has 0 bridgehead atoms. The lowest BCUT2D eigenvalue weighted by molar-refractivity contribution is 0.233. The van der Waals surface area contributed by atoms with Gasteiger partial charge in [0.1, 0.15) is 0 Å². The number of rotatable bonds is 3. The van der Waals surface area contributed by atoms with E-state index in [0.29, 0.717) is 15.7 Å². The Hall–Kier alpha value is -0.540. The minimum atomic E-state index is 0.358. The third kappa shape index (κ3) is 3.46. The maximum absolute atomic E-state index is 5.96. The molecule has 1 saturated carbocycles. The van der Waals surface area contributed by atoms with E-state index in [1.165, 1.54) is 32.1 Å². The van der Waals surface area contributed by atoms with Crippen LogP contribution in [0.15, 0.2) is 6.07 Å². The molecule has 0 spiro atoms. The van der Waals surface area contributed by atoms with Crippen molar-refractivity contribution in [1.82, 2.24) is 10.2 Å². The van der Waals surface area contributed by atoms with Gasteiger partial charge < -0.3 is 5.32 Å². The first kappa shape index (κ1) is 12.9. The predicted octanol–water partition coefficient (Wildman–Crippen LogP) is 4.17. The summed E-state index contributed by atoms with van der Waals surface area (Å²) in [5.74, 6) is 0. The second-order valence-corrected chi connectivity index (χ2v) is 5.84. The number of nitrogens with one attached hydrogen (secondary N) is 1. The van der Waals surface area contributed by atoms with Crippen molar-refractivity contribution in [2.24, 2.45) is 5.41 Å². The van der Waals surface area contributed by atoms with E-state index in [1.807, 2.05) is 0 Å². The molecule has 0 unspecified atom stereocenters. The average molecular weight is 274 g/mol. The first-order valence-electron chi connectivity index (χ1n) is 6.02. The molecule has 0 aliphatic heterocycles. The van der Waals surface area contributed by atoms with Crippen LogP contribution < -0.4 is 5.32 Å². The van der Waals surface area contributed by atoms with E-state index < -0.39 is 0 Å². The quantitative estimate of drug-likeness (QED) is 0.899. The summed E-state index contributed by atoms with van der Waals surface area (Å²) in [4.78, 5) is 0. The van der Waals surface area contributed by atoms with Crippen LogP contribution in [-0.2, 0) is 0 Å². The van der Waals surface area contributed by atoms with Crippen molar-refractivity contribution >= 4 is 28.9 Å². The van der Waals surface area contributed by atoms with Crippen molar-refractivity contribution in [3.8, 4) is 0 Å². The SMILES string of the molecule is CC1(CNc2cc(Cl)nnc2Cl)CCCCC1. The third-order valence-corrected chi connectivity index (χ3v) is 3.95. The third-order valence-electron chi connectivity index (χ3n) is 3.49. The van der Waals surface area contributed by atoms with Gasteiger partial charge in [0.25, 0.3) is 0 Å². The molecule has 0 aromatic carbocycles. The number of aromatic nitrogens is 2. The van der Waals surface area contributed by atoms with Gasteiger partial charge in [-0.05, 0) is 18.3 Å². The van der Waals surface area contributed by atoms with Crippen LogP contribution in [0, 0.1) is 5.41 Å². The Morgan fingerprint density at radius 2 is 1.94 bits per heavy atom. The molecule has 0 radical (unpaired) electrons. The molecule has 1 aliphatic carbocycles. The molecule has 17 heavy (non-hydrogen) atoms. The molecule has 1 aliphatic rings. The molecule has 1 fully saturated rings. The van der Waals surface area contributed by atoms with Crippen LogP contribution in [0.25, 0.3) is 0 Å². The monoisotopic (exact) mass is 273 g/mol. The largest absolute Gasteiger partial charge is 0.382 e. The molecule has 1 heterocycles. The summed E-state index contributed by atoms with van der Waals surface area (Å²) in [6, 6.07) is 1.73. The van der Waals surface area contributed by atoms with E-state index in [9.17, 15) is 0 Å². The normalized spacial score (nSPS) is 19.0. The summed E-state index contributed by atoms with van der Waals surface area (Å²) in [6.45, 7) is 3.23. The van der Waals surface area contributed by atoms with Gasteiger partial charge in [0.2, 0.25) is 0 Å². The van der Waals surface area contributed by atoms with Gasteiger partial charge >= 0.3 is 0 Å². The lowest BCUT2D eigenvalue weighted by Crippen LogP contribution is -2.29. The molecular weight excluding hydrogens is 257 g/mol. The molecular formula is C12H17Cl2N3. The molecule has 0 amide bonds. The van der Waals surface area contributed by atoms with Gasteiger partial charge in [0.15, 0.2) is 10.3 Å². The Kier molecular flexibility index (Phi) is 4.10. The highest BCUT2D eigenvalue weighted by Crippen LogP contribution is 2.36. The highest BCUT2D eigenvalue weighted by Gasteiger charge is 2.26. The molecule has 94 valence electrons. The minimum absolute atomic E-state index is 0.358. The summed E-state index contributed by atoms with van der Waals surface area (Å²) < 4.78 is 0. The molecule has 0 saturated heterocycles. The molecule has 1 aromatic rings. The van der Waals surface area contributed by atoms with Crippen LogP contribution in [0.1, 0.15) is 39.0 Å². The van der Waals surface area contributed by atoms with E-state index in [2.05, 4.69) is 22.4 Å². The Labute approximate surface area is 112 Å². The maximum atomic E-state index is 5.96. The van der Waals surface area contributed by atoms with Gasteiger partial charge in [-0.1, -0.05) is 49.4 Å². The topological polar surface area (TPSA) is 37.8 Å². The van der Waals surface area contributed by atoms with Crippen LogP contribution in [0.5, 0.6) is 0 Å². The first-order chi connectivity index (χ1) is 8.09. The zero-order valence-corrected chi connectivity index (χ0v) is 11.5. The number of hydrogen-bond donors (Lipinski definition) is 1. The van der Waals surface area contributed by atoms with E-state index >= 15 is 0 Å². The molecule has 2 rings (SSSR count). The summed E-state index contributed by atoms with van der Waals surface area (Å²) in [6.07, 6.45) is 6.54. The summed E-state index contributed by atoms with van der Waals surface area (Å²) in [5.41, 5.74) is 1.13. The highest BCUT2D eigenvalue weighted by molar-refractivity contribution is 6.33. The summed E-state index contributed by atoms with van der Waals surface area (Å²) >= 11 is 11.8. The van der Waals surface area contributed by atoms with Gasteiger partial charge in [-0.25, -0.2) is 0 Å². The van der Waals surface area contributed by atoms with E-state index in [0.717, 1.165) is 12.2 Å². The number of halogens is 2. The van der Waals surface area contributed by atoms with Crippen molar-refractivity contribution in [3.05, 3.63) is 16.4 Å². The fourth-order valence-electron chi connectivity index (χ4n) is 2.37. The summed E-state index contributed by atoms with van der Waals surface area (Å²) in [5, 5.41) is 11.6. The Morgan fingerprint density at radius 3 is 2.65 bits per heavy atom.